The molecule has 76 valence electrons. The molecular weight excluding hydrogens is 192 g/mol. The fourth-order valence-electron chi connectivity index (χ4n) is 1.43. The lowest BCUT2D eigenvalue weighted by molar-refractivity contribution is 0.111. The standard InChI is InChI=1S/C10H10N4O/c1-2-14-10(9(7-15)12-13-14)8-4-3-5-11-6-8/h3-7H,2H2,1H3. The van der Waals surface area contributed by atoms with Gasteiger partial charge in [0, 0.05) is 24.5 Å². The van der Waals surface area contributed by atoms with Gasteiger partial charge < -0.3 is 0 Å². The number of aldehydes is 1. The van der Waals surface area contributed by atoms with Gasteiger partial charge in [-0.2, -0.15) is 0 Å². The summed E-state index contributed by atoms with van der Waals surface area (Å²) in [5.41, 5.74) is 1.93. The molecule has 0 aliphatic carbocycles. The third kappa shape index (κ3) is 1.63. The summed E-state index contributed by atoms with van der Waals surface area (Å²) in [6.07, 6.45) is 4.09. The van der Waals surface area contributed by atoms with Crippen LogP contribution >= 0.6 is 0 Å². The maximum atomic E-state index is 10.8. The van der Waals surface area contributed by atoms with Crippen molar-refractivity contribution in [2.45, 2.75) is 13.5 Å². The Hall–Kier alpha value is -2.04. The number of carbonyl (C=O) groups excluding carboxylic acids is 1. The van der Waals surface area contributed by atoms with Crippen molar-refractivity contribution in [3.05, 3.63) is 30.2 Å². The Balaban J connectivity index is 2.59. The van der Waals surface area contributed by atoms with E-state index in [1.54, 1.807) is 17.1 Å². The van der Waals surface area contributed by atoms with Gasteiger partial charge in [-0.3, -0.25) is 9.78 Å². The van der Waals surface area contributed by atoms with E-state index in [1.807, 2.05) is 19.1 Å². The second-order valence-corrected chi connectivity index (χ2v) is 3.00. The van der Waals surface area contributed by atoms with E-state index in [0.29, 0.717) is 18.5 Å². The van der Waals surface area contributed by atoms with Crippen molar-refractivity contribution in [2.24, 2.45) is 0 Å². The molecule has 0 unspecified atom stereocenters. The highest BCUT2D eigenvalue weighted by Gasteiger charge is 2.12. The van der Waals surface area contributed by atoms with Crippen molar-refractivity contribution in [2.75, 3.05) is 0 Å². The number of nitrogens with zero attached hydrogens (tertiary/aromatic N) is 4. The molecule has 0 saturated heterocycles. The molecular formula is C10H10N4O. The minimum Gasteiger partial charge on any atom is -0.296 e. The lowest BCUT2D eigenvalue weighted by Gasteiger charge is -2.02. The zero-order chi connectivity index (χ0) is 10.7. The molecule has 0 radical (unpaired) electrons. The Morgan fingerprint density at radius 1 is 1.53 bits per heavy atom. The first kappa shape index (κ1) is 9.51. The maximum Gasteiger partial charge on any atom is 0.172 e. The van der Waals surface area contributed by atoms with Crippen LogP contribution in [0.5, 0.6) is 0 Å². The van der Waals surface area contributed by atoms with E-state index in [4.69, 9.17) is 0 Å². The van der Waals surface area contributed by atoms with Crippen LogP contribution in [0.1, 0.15) is 17.4 Å². The van der Waals surface area contributed by atoms with E-state index >= 15 is 0 Å². The topological polar surface area (TPSA) is 60.7 Å². The second-order valence-electron chi connectivity index (χ2n) is 3.00. The number of hydrogen-bond acceptors (Lipinski definition) is 4. The van der Waals surface area contributed by atoms with Gasteiger partial charge in [-0.25, -0.2) is 4.68 Å². The van der Waals surface area contributed by atoms with E-state index in [9.17, 15) is 4.79 Å². The lowest BCUT2D eigenvalue weighted by atomic mass is 10.2. The Morgan fingerprint density at radius 2 is 2.40 bits per heavy atom. The molecule has 0 bridgehead atoms. The molecule has 0 aliphatic rings. The van der Waals surface area contributed by atoms with Crippen LogP contribution in [-0.2, 0) is 6.54 Å². The predicted octanol–water partition coefficient (Wildman–Crippen LogP) is 1.17. The van der Waals surface area contributed by atoms with Gasteiger partial charge in [0.25, 0.3) is 0 Å². The number of hydrogen-bond donors (Lipinski definition) is 0. The van der Waals surface area contributed by atoms with Crippen LogP contribution in [0.25, 0.3) is 11.3 Å². The zero-order valence-electron chi connectivity index (χ0n) is 8.29. The van der Waals surface area contributed by atoms with Crippen LogP contribution in [0.4, 0.5) is 0 Å². The summed E-state index contributed by atoms with van der Waals surface area (Å²) in [6, 6.07) is 3.70. The van der Waals surface area contributed by atoms with Crippen molar-refractivity contribution in [1.29, 1.82) is 0 Å². The van der Waals surface area contributed by atoms with Crippen molar-refractivity contribution in [1.82, 2.24) is 20.0 Å². The minimum atomic E-state index is 0.352. The average Bonchev–Trinajstić information content (AvgIpc) is 2.72. The number of rotatable bonds is 3. The van der Waals surface area contributed by atoms with Crippen LogP contribution in [0.2, 0.25) is 0 Å². The molecule has 5 heteroatoms. The fraction of sp³-hybridized carbons (Fsp3) is 0.200. The smallest absolute Gasteiger partial charge is 0.172 e. The van der Waals surface area contributed by atoms with Crippen molar-refractivity contribution >= 4 is 6.29 Å². The quantitative estimate of drug-likeness (QED) is 0.701. The van der Waals surface area contributed by atoms with Gasteiger partial charge in [0.15, 0.2) is 12.0 Å². The highest BCUT2D eigenvalue weighted by molar-refractivity contribution is 5.82. The van der Waals surface area contributed by atoms with E-state index in [1.165, 1.54) is 0 Å². The predicted molar refractivity (Wildman–Crippen MR) is 54.3 cm³/mol. The van der Waals surface area contributed by atoms with Gasteiger partial charge in [-0.1, -0.05) is 5.21 Å². The Kier molecular flexibility index (Phi) is 2.53. The molecule has 0 N–H and O–H groups in total. The van der Waals surface area contributed by atoms with Gasteiger partial charge >= 0.3 is 0 Å². The largest absolute Gasteiger partial charge is 0.296 e. The number of aromatic nitrogens is 4. The molecule has 2 rings (SSSR count). The molecule has 0 fully saturated rings. The highest BCUT2D eigenvalue weighted by Crippen LogP contribution is 2.19. The Labute approximate surface area is 86.8 Å². The summed E-state index contributed by atoms with van der Waals surface area (Å²) in [5.74, 6) is 0. The monoisotopic (exact) mass is 202 g/mol. The van der Waals surface area contributed by atoms with Crippen LogP contribution in [0, 0.1) is 0 Å². The van der Waals surface area contributed by atoms with Crippen molar-refractivity contribution < 1.29 is 4.79 Å². The van der Waals surface area contributed by atoms with Gasteiger partial charge in [-0.15, -0.1) is 5.10 Å². The molecule has 0 aliphatic heterocycles. The zero-order valence-corrected chi connectivity index (χ0v) is 8.29. The Morgan fingerprint density at radius 3 is 3.00 bits per heavy atom. The van der Waals surface area contributed by atoms with Crippen LogP contribution in [-0.4, -0.2) is 26.3 Å². The first-order chi connectivity index (χ1) is 7.36. The van der Waals surface area contributed by atoms with Crippen LogP contribution < -0.4 is 0 Å². The Bertz CT molecular complexity index is 464. The third-order valence-corrected chi connectivity index (χ3v) is 2.11. The van der Waals surface area contributed by atoms with Gasteiger partial charge in [0.1, 0.15) is 5.69 Å². The molecule has 5 nitrogen and oxygen atoms in total. The number of aryl methyl sites for hydroxylation is 1. The summed E-state index contributed by atoms with van der Waals surface area (Å²) in [4.78, 5) is 14.8. The lowest BCUT2D eigenvalue weighted by Crippen LogP contribution is -2.00. The molecule has 2 heterocycles. The van der Waals surface area contributed by atoms with Gasteiger partial charge in [0.05, 0.1) is 0 Å². The molecule has 2 aromatic heterocycles. The first-order valence-electron chi connectivity index (χ1n) is 4.66. The van der Waals surface area contributed by atoms with Crippen molar-refractivity contribution in [3.8, 4) is 11.3 Å². The van der Waals surface area contributed by atoms with Crippen LogP contribution in [0.15, 0.2) is 24.5 Å². The second kappa shape index (κ2) is 4.00. The molecule has 0 saturated carbocycles. The summed E-state index contributed by atoms with van der Waals surface area (Å²) in [5, 5.41) is 7.69. The molecule has 0 spiro atoms. The molecule has 0 aromatic carbocycles. The molecule has 0 amide bonds. The minimum absolute atomic E-state index is 0.352. The van der Waals surface area contributed by atoms with Gasteiger partial charge in [-0.05, 0) is 19.1 Å². The SMILES string of the molecule is CCn1nnc(C=O)c1-c1cccnc1. The third-order valence-electron chi connectivity index (χ3n) is 2.11. The molecule has 15 heavy (non-hydrogen) atoms. The molecule has 2 aromatic rings. The van der Waals surface area contributed by atoms with E-state index in [-0.39, 0.29) is 0 Å². The van der Waals surface area contributed by atoms with Crippen molar-refractivity contribution in [3.63, 3.8) is 0 Å². The summed E-state index contributed by atoms with van der Waals surface area (Å²) in [7, 11) is 0. The summed E-state index contributed by atoms with van der Waals surface area (Å²) in [6.45, 7) is 2.62. The highest BCUT2D eigenvalue weighted by atomic mass is 16.1. The van der Waals surface area contributed by atoms with E-state index in [2.05, 4.69) is 15.3 Å². The number of pyridine rings is 1. The summed E-state index contributed by atoms with van der Waals surface area (Å²) < 4.78 is 1.68. The first-order valence-corrected chi connectivity index (χ1v) is 4.66. The van der Waals surface area contributed by atoms with E-state index in [0.717, 1.165) is 11.3 Å². The molecule has 0 atom stereocenters. The maximum absolute atomic E-state index is 10.8. The van der Waals surface area contributed by atoms with E-state index < -0.39 is 0 Å². The fourth-order valence-corrected chi connectivity index (χ4v) is 1.43. The average molecular weight is 202 g/mol. The van der Waals surface area contributed by atoms with Crippen LogP contribution in [0.3, 0.4) is 0 Å². The summed E-state index contributed by atoms with van der Waals surface area (Å²) >= 11 is 0. The normalized spacial score (nSPS) is 10.2. The van der Waals surface area contributed by atoms with Gasteiger partial charge in [0.2, 0.25) is 0 Å². The number of carbonyl (C=O) groups is 1.